The molecule has 0 spiro atoms. The Morgan fingerprint density at radius 1 is 1.60 bits per heavy atom. The van der Waals surface area contributed by atoms with Crippen molar-refractivity contribution in [3.63, 3.8) is 0 Å². The zero-order valence-electron chi connectivity index (χ0n) is 5.76. The Hall–Kier alpha value is -0.160. The van der Waals surface area contributed by atoms with Gasteiger partial charge in [0.15, 0.2) is 0 Å². The van der Waals surface area contributed by atoms with Crippen LogP contribution in [0.5, 0.6) is 0 Å². The molecule has 0 aliphatic heterocycles. The molecule has 0 saturated heterocycles. The third kappa shape index (κ3) is 1.67. The molecular weight excluding hydrogens is 239 g/mol. The van der Waals surface area contributed by atoms with E-state index in [9.17, 15) is 0 Å². The molecule has 54 valence electrons. The van der Waals surface area contributed by atoms with Gasteiger partial charge in [-0.05, 0) is 41.1 Å². The summed E-state index contributed by atoms with van der Waals surface area (Å²) >= 11 is 2.19. The number of aromatic nitrogens is 1. The van der Waals surface area contributed by atoms with E-state index in [1.54, 1.807) is 0 Å². The zero-order valence-corrected chi connectivity index (χ0v) is 7.92. The Morgan fingerprint density at radius 3 is 2.80 bits per heavy atom. The van der Waals surface area contributed by atoms with Crippen LogP contribution in [-0.4, -0.2) is 4.98 Å². The average molecular weight is 248 g/mol. The molecule has 2 nitrogen and oxygen atoms in total. The lowest BCUT2D eigenvalue weighted by Gasteiger charge is -2.00. The lowest BCUT2D eigenvalue weighted by atomic mass is 10.2. The largest absolute Gasteiger partial charge is 0.326 e. The van der Waals surface area contributed by atoms with Gasteiger partial charge < -0.3 is 5.73 Å². The summed E-state index contributed by atoms with van der Waals surface area (Å²) in [6.45, 7) is 2.56. The second-order valence-corrected chi connectivity index (χ2v) is 3.19. The van der Waals surface area contributed by atoms with Crippen molar-refractivity contribution in [3.8, 4) is 0 Å². The van der Waals surface area contributed by atoms with Gasteiger partial charge in [-0.25, -0.2) is 4.98 Å². The van der Waals surface area contributed by atoms with Gasteiger partial charge in [-0.2, -0.15) is 0 Å². The topological polar surface area (TPSA) is 38.9 Å². The normalized spacial score (nSPS) is 9.90. The summed E-state index contributed by atoms with van der Waals surface area (Å²) in [4.78, 5) is 4.25. The zero-order chi connectivity index (χ0) is 7.56. The van der Waals surface area contributed by atoms with Gasteiger partial charge in [-0.3, -0.25) is 0 Å². The van der Waals surface area contributed by atoms with Crippen LogP contribution in [0.15, 0.2) is 12.1 Å². The van der Waals surface area contributed by atoms with E-state index in [0.717, 1.165) is 15.0 Å². The fraction of sp³-hybridized carbons (Fsp3) is 0.286. The third-order valence-electron chi connectivity index (χ3n) is 1.38. The van der Waals surface area contributed by atoms with Gasteiger partial charge >= 0.3 is 0 Å². The van der Waals surface area contributed by atoms with E-state index in [1.807, 2.05) is 19.1 Å². The molecular formula is C7H9IN2. The molecule has 0 atom stereocenters. The second kappa shape index (κ2) is 3.30. The molecule has 1 heterocycles. The van der Waals surface area contributed by atoms with Gasteiger partial charge in [0.2, 0.25) is 0 Å². The van der Waals surface area contributed by atoms with E-state index < -0.39 is 0 Å². The highest BCUT2D eigenvalue weighted by atomic mass is 127. The number of hydrogen-bond donors (Lipinski definition) is 1. The monoisotopic (exact) mass is 248 g/mol. The molecule has 3 heteroatoms. The van der Waals surface area contributed by atoms with Crippen LogP contribution in [0.1, 0.15) is 11.3 Å². The lowest BCUT2D eigenvalue weighted by Crippen LogP contribution is -2.01. The summed E-state index contributed by atoms with van der Waals surface area (Å²) in [5.41, 5.74) is 7.62. The Labute approximate surface area is 74.0 Å². The fourth-order valence-corrected chi connectivity index (χ4v) is 1.32. The fourth-order valence-electron chi connectivity index (χ4n) is 0.775. The van der Waals surface area contributed by atoms with Crippen molar-refractivity contribution in [3.05, 3.63) is 27.1 Å². The second-order valence-electron chi connectivity index (χ2n) is 2.08. The van der Waals surface area contributed by atoms with Crippen LogP contribution in [-0.2, 0) is 6.54 Å². The number of aryl methyl sites for hydroxylation is 1. The lowest BCUT2D eigenvalue weighted by molar-refractivity contribution is 0.998. The van der Waals surface area contributed by atoms with E-state index in [-0.39, 0.29) is 0 Å². The number of rotatable bonds is 1. The molecule has 1 aromatic heterocycles. The minimum atomic E-state index is 0.579. The van der Waals surface area contributed by atoms with Crippen molar-refractivity contribution in [2.45, 2.75) is 13.5 Å². The van der Waals surface area contributed by atoms with Crippen LogP contribution >= 0.6 is 22.6 Å². The van der Waals surface area contributed by atoms with Crippen molar-refractivity contribution in [1.82, 2.24) is 4.98 Å². The smallest absolute Gasteiger partial charge is 0.101 e. The number of halogens is 1. The van der Waals surface area contributed by atoms with Gasteiger partial charge in [0.25, 0.3) is 0 Å². The van der Waals surface area contributed by atoms with Crippen molar-refractivity contribution >= 4 is 22.6 Å². The highest BCUT2D eigenvalue weighted by Crippen LogP contribution is 2.06. The minimum Gasteiger partial charge on any atom is -0.326 e. The quantitative estimate of drug-likeness (QED) is 0.603. The minimum absolute atomic E-state index is 0.579. The Bertz CT molecular complexity index is 235. The number of nitrogens with two attached hydrogens (primary N) is 1. The van der Waals surface area contributed by atoms with Crippen molar-refractivity contribution in [2.24, 2.45) is 5.73 Å². The molecule has 0 unspecified atom stereocenters. The van der Waals surface area contributed by atoms with Gasteiger partial charge in [0.05, 0.1) is 0 Å². The molecule has 0 aliphatic carbocycles. The molecule has 0 fully saturated rings. The van der Waals surface area contributed by atoms with Crippen LogP contribution in [0.25, 0.3) is 0 Å². The molecule has 0 aromatic carbocycles. The first kappa shape index (κ1) is 7.94. The van der Waals surface area contributed by atoms with E-state index in [2.05, 4.69) is 27.6 Å². The maximum atomic E-state index is 5.46. The standard InChI is InChI=1S/C7H9IN2/c1-5-6(4-9)2-3-7(8)10-5/h2-3H,4,9H2,1H3. The highest BCUT2D eigenvalue weighted by molar-refractivity contribution is 14.1. The SMILES string of the molecule is Cc1nc(I)ccc1CN. The van der Waals surface area contributed by atoms with Gasteiger partial charge in [0, 0.05) is 12.2 Å². The highest BCUT2D eigenvalue weighted by Gasteiger charge is 1.95. The molecule has 0 amide bonds. The summed E-state index contributed by atoms with van der Waals surface area (Å²) in [5, 5.41) is 0. The van der Waals surface area contributed by atoms with Crippen molar-refractivity contribution < 1.29 is 0 Å². The first-order chi connectivity index (χ1) is 4.74. The number of pyridine rings is 1. The van der Waals surface area contributed by atoms with Gasteiger partial charge in [-0.1, -0.05) is 6.07 Å². The summed E-state index contributed by atoms with van der Waals surface area (Å²) < 4.78 is 1.02. The maximum absolute atomic E-state index is 5.46. The predicted molar refractivity (Wildman–Crippen MR) is 49.6 cm³/mol. The van der Waals surface area contributed by atoms with E-state index >= 15 is 0 Å². The molecule has 0 radical (unpaired) electrons. The van der Waals surface area contributed by atoms with Gasteiger partial charge in [-0.15, -0.1) is 0 Å². The number of nitrogens with zero attached hydrogens (tertiary/aromatic N) is 1. The average Bonchev–Trinajstić information content (AvgIpc) is 1.88. The predicted octanol–water partition coefficient (Wildman–Crippen LogP) is 1.45. The third-order valence-corrected chi connectivity index (χ3v) is 1.98. The molecule has 10 heavy (non-hydrogen) atoms. The molecule has 0 aliphatic rings. The Morgan fingerprint density at radius 2 is 2.30 bits per heavy atom. The molecule has 0 bridgehead atoms. The molecule has 0 saturated carbocycles. The van der Waals surface area contributed by atoms with E-state index in [4.69, 9.17) is 5.73 Å². The Kier molecular flexibility index (Phi) is 2.62. The van der Waals surface area contributed by atoms with Crippen LogP contribution in [0.3, 0.4) is 0 Å². The Balaban J connectivity index is 3.07. The van der Waals surface area contributed by atoms with Crippen LogP contribution in [0.4, 0.5) is 0 Å². The van der Waals surface area contributed by atoms with Crippen molar-refractivity contribution in [2.75, 3.05) is 0 Å². The van der Waals surface area contributed by atoms with E-state index in [0.29, 0.717) is 6.54 Å². The van der Waals surface area contributed by atoms with E-state index in [1.165, 1.54) is 0 Å². The molecule has 1 rings (SSSR count). The maximum Gasteiger partial charge on any atom is 0.101 e. The summed E-state index contributed by atoms with van der Waals surface area (Å²) in [5.74, 6) is 0. The first-order valence-corrected chi connectivity index (χ1v) is 4.14. The summed E-state index contributed by atoms with van der Waals surface area (Å²) in [7, 11) is 0. The summed E-state index contributed by atoms with van der Waals surface area (Å²) in [6, 6.07) is 3.99. The molecule has 1 aromatic rings. The van der Waals surface area contributed by atoms with Crippen LogP contribution < -0.4 is 5.73 Å². The van der Waals surface area contributed by atoms with Crippen LogP contribution in [0.2, 0.25) is 0 Å². The summed E-state index contributed by atoms with van der Waals surface area (Å²) in [6.07, 6.45) is 0. The van der Waals surface area contributed by atoms with Crippen LogP contribution in [0, 0.1) is 10.6 Å². The number of hydrogen-bond acceptors (Lipinski definition) is 2. The molecule has 2 N–H and O–H groups in total. The first-order valence-electron chi connectivity index (χ1n) is 3.06. The van der Waals surface area contributed by atoms with Crippen molar-refractivity contribution in [1.29, 1.82) is 0 Å². The van der Waals surface area contributed by atoms with Gasteiger partial charge in [0.1, 0.15) is 3.70 Å².